The van der Waals surface area contributed by atoms with Crippen LogP contribution in [-0.2, 0) is 4.79 Å². The lowest BCUT2D eigenvalue weighted by Gasteiger charge is -2.09. The van der Waals surface area contributed by atoms with Crippen molar-refractivity contribution in [1.82, 2.24) is 0 Å². The summed E-state index contributed by atoms with van der Waals surface area (Å²) in [6.07, 6.45) is 0.353. The molecule has 0 saturated carbocycles. The van der Waals surface area contributed by atoms with Crippen molar-refractivity contribution >= 4 is 33.2 Å². The van der Waals surface area contributed by atoms with E-state index in [1.807, 2.05) is 31.2 Å². The lowest BCUT2D eigenvalue weighted by molar-refractivity contribution is -0.115. The molecular weight excluding hydrogens is 342 g/mol. The van der Waals surface area contributed by atoms with Crippen LogP contribution < -0.4 is 10.6 Å². The molecule has 0 bridgehead atoms. The number of aryl methyl sites for hydroxylation is 1. The Morgan fingerprint density at radius 1 is 1.23 bits per heavy atom. The van der Waals surface area contributed by atoms with Crippen molar-refractivity contribution in [3.05, 3.63) is 58.1 Å². The highest BCUT2D eigenvalue weighted by atomic mass is 79.9. The standard InChI is InChI=1S/C17H16BrN3O/c1-12-9-14(5-6-16(12)18)20-8-7-17(22)21-15-4-2-3-13(10-15)11-19/h2-6,9-10,20H,7-8H2,1H3,(H,21,22). The summed E-state index contributed by atoms with van der Waals surface area (Å²) < 4.78 is 1.06. The Morgan fingerprint density at radius 3 is 2.77 bits per heavy atom. The number of carbonyl (C=O) groups is 1. The number of carbonyl (C=O) groups excluding carboxylic acids is 1. The summed E-state index contributed by atoms with van der Waals surface area (Å²) in [5.41, 5.74) is 3.30. The van der Waals surface area contributed by atoms with Crippen LogP contribution in [0.3, 0.4) is 0 Å². The fourth-order valence-corrected chi connectivity index (χ4v) is 2.21. The zero-order valence-electron chi connectivity index (χ0n) is 12.2. The van der Waals surface area contributed by atoms with Gasteiger partial charge in [-0.2, -0.15) is 5.26 Å². The Morgan fingerprint density at radius 2 is 2.05 bits per heavy atom. The molecule has 0 radical (unpaired) electrons. The summed E-state index contributed by atoms with van der Waals surface area (Å²) in [6.45, 7) is 2.56. The fourth-order valence-electron chi connectivity index (χ4n) is 1.97. The highest BCUT2D eigenvalue weighted by Crippen LogP contribution is 2.19. The van der Waals surface area contributed by atoms with Crippen LogP contribution in [0.1, 0.15) is 17.5 Å². The van der Waals surface area contributed by atoms with E-state index in [1.54, 1.807) is 24.3 Å². The Bertz CT molecular complexity index is 722. The molecule has 4 nitrogen and oxygen atoms in total. The van der Waals surface area contributed by atoms with Crippen molar-refractivity contribution in [3.63, 3.8) is 0 Å². The van der Waals surface area contributed by atoms with Gasteiger partial charge in [-0.05, 0) is 48.9 Å². The molecule has 0 atom stereocenters. The Hall–Kier alpha value is -2.32. The number of hydrogen-bond acceptors (Lipinski definition) is 3. The smallest absolute Gasteiger partial charge is 0.226 e. The van der Waals surface area contributed by atoms with Gasteiger partial charge in [0.05, 0.1) is 11.6 Å². The van der Waals surface area contributed by atoms with Crippen LogP contribution in [0, 0.1) is 18.3 Å². The monoisotopic (exact) mass is 357 g/mol. The zero-order chi connectivity index (χ0) is 15.9. The molecule has 0 spiro atoms. The molecule has 2 aromatic carbocycles. The van der Waals surface area contributed by atoms with Gasteiger partial charge in [-0.15, -0.1) is 0 Å². The maximum absolute atomic E-state index is 11.9. The molecule has 0 aliphatic carbocycles. The van der Waals surface area contributed by atoms with Crippen LogP contribution in [-0.4, -0.2) is 12.5 Å². The minimum Gasteiger partial charge on any atom is -0.385 e. The van der Waals surface area contributed by atoms with Gasteiger partial charge in [-0.25, -0.2) is 0 Å². The van der Waals surface area contributed by atoms with Gasteiger partial charge in [0.2, 0.25) is 5.91 Å². The maximum Gasteiger partial charge on any atom is 0.226 e. The lowest BCUT2D eigenvalue weighted by Crippen LogP contribution is -2.16. The summed E-state index contributed by atoms with van der Waals surface area (Å²) in [5.74, 6) is -0.0866. The molecule has 0 unspecified atom stereocenters. The van der Waals surface area contributed by atoms with Gasteiger partial charge >= 0.3 is 0 Å². The van der Waals surface area contributed by atoms with Crippen LogP contribution >= 0.6 is 15.9 Å². The SMILES string of the molecule is Cc1cc(NCCC(=O)Nc2cccc(C#N)c2)ccc1Br. The van der Waals surface area contributed by atoms with Gasteiger partial charge in [0.1, 0.15) is 0 Å². The first-order chi connectivity index (χ1) is 10.6. The molecule has 0 aromatic heterocycles. The fraction of sp³-hybridized carbons (Fsp3) is 0.176. The number of nitrogens with one attached hydrogen (secondary N) is 2. The van der Waals surface area contributed by atoms with Crippen LogP contribution in [0.15, 0.2) is 46.9 Å². The first kappa shape index (κ1) is 16.1. The molecule has 2 N–H and O–H groups in total. The number of rotatable bonds is 5. The van der Waals surface area contributed by atoms with Gasteiger partial charge in [0.25, 0.3) is 0 Å². The molecule has 2 rings (SSSR count). The highest BCUT2D eigenvalue weighted by Gasteiger charge is 2.03. The quantitative estimate of drug-likeness (QED) is 0.847. The number of amides is 1. The van der Waals surface area contributed by atoms with Gasteiger partial charge < -0.3 is 10.6 Å². The number of nitrogens with zero attached hydrogens (tertiary/aromatic N) is 1. The molecule has 22 heavy (non-hydrogen) atoms. The number of nitriles is 1. The highest BCUT2D eigenvalue weighted by molar-refractivity contribution is 9.10. The van der Waals surface area contributed by atoms with Crippen molar-refractivity contribution < 1.29 is 4.79 Å². The normalized spacial score (nSPS) is 9.86. The molecule has 0 saturated heterocycles. The van der Waals surface area contributed by atoms with E-state index in [0.29, 0.717) is 24.2 Å². The van der Waals surface area contributed by atoms with Crippen molar-refractivity contribution in [3.8, 4) is 6.07 Å². The molecule has 0 fully saturated rings. The van der Waals surface area contributed by atoms with Crippen molar-refractivity contribution in [1.29, 1.82) is 5.26 Å². The number of anilines is 2. The van der Waals surface area contributed by atoms with Crippen LogP contribution in [0.5, 0.6) is 0 Å². The Labute approximate surface area is 138 Å². The van der Waals surface area contributed by atoms with E-state index >= 15 is 0 Å². The van der Waals surface area contributed by atoms with E-state index in [2.05, 4.69) is 26.6 Å². The summed E-state index contributed by atoms with van der Waals surface area (Å²) in [4.78, 5) is 11.9. The van der Waals surface area contributed by atoms with Crippen molar-refractivity contribution in [2.24, 2.45) is 0 Å². The predicted molar refractivity (Wildman–Crippen MR) is 91.8 cm³/mol. The third-order valence-corrected chi connectivity index (χ3v) is 4.00. The summed E-state index contributed by atoms with van der Waals surface area (Å²) in [7, 11) is 0. The van der Waals surface area contributed by atoms with E-state index in [-0.39, 0.29) is 5.91 Å². The molecule has 5 heteroatoms. The van der Waals surface area contributed by atoms with Gasteiger partial charge in [-0.1, -0.05) is 22.0 Å². The Balaban J connectivity index is 1.82. The van der Waals surface area contributed by atoms with E-state index < -0.39 is 0 Å². The molecule has 112 valence electrons. The largest absolute Gasteiger partial charge is 0.385 e. The van der Waals surface area contributed by atoms with E-state index in [1.165, 1.54) is 0 Å². The molecular formula is C17H16BrN3O. The zero-order valence-corrected chi connectivity index (χ0v) is 13.8. The van der Waals surface area contributed by atoms with Crippen molar-refractivity contribution in [2.45, 2.75) is 13.3 Å². The molecule has 0 aliphatic heterocycles. The third kappa shape index (κ3) is 4.61. The second-order valence-electron chi connectivity index (χ2n) is 4.88. The summed E-state index contributed by atoms with van der Waals surface area (Å²) in [5, 5.41) is 14.8. The number of benzene rings is 2. The summed E-state index contributed by atoms with van der Waals surface area (Å²) >= 11 is 3.45. The van der Waals surface area contributed by atoms with E-state index in [4.69, 9.17) is 5.26 Å². The molecule has 0 heterocycles. The maximum atomic E-state index is 11.9. The minimum atomic E-state index is -0.0866. The van der Waals surface area contributed by atoms with E-state index in [9.17, 15) is 4.79 Å². The second-order valence-corrected chi connectivity index (χ2v) is 5.74. The number of hydrogen-bond donors (Lipinski definition) is 2. The predicted octanol–water partition coefficient (Wildman–Crippen LogP) is 4.07. The van der Waals surface area contributed by atoms with Crippen LogP contribution in [0.2, 0.25) is 0 Å². The second kappa shape index (κ2) is 7.62. The van der Waals surface area contributed by atoms with Gasteiger partial charge in [-0.3, -0.25) is 4.79 Å². The van der Waals surface area contributed by atoms with E-state index in [0.717, 1.165) is 15.7 Å². The molecule has 1 amide bonds. The first-order valence-corrected chi connectivity index (χ1v) is 7.68. The average Bonchev–Trinajstić information content (AvgIpc) is 2.51. The van der Waals surface area contributed by atoms with Gasteiger partial charge in [0, 0.05) is 28.8 Å². The molecule has 2 aromatic rings. The third-order valence-electron chi connectivity index (χ3n) is 3.11. The topological polar surface area (TPSA) is 64.9 Å². The number of halogens is 1. The lowest BCUT2D eigenvalue weighted by atomic mass is 10.2. The molecule has 0 aliphatic rings. The van der Waals surface area contributed by atoms with Crippen LogP contribution in [0.4, 0.5) is 11.4 Å². The van der Waals surface area contributed by atoms with Crippen molar-refractivity contribution in [2.75, 3.05) is 17.2 Å². The average molecular weight is 358 g/mol. The Kier molecular flexibility index (Phi) is 5.56. The minimum absolute atomic E-state index is 0.0866. The summed E-state index contributed by atoms with van der Waals surface area (Å²) in [6, 6.07) is 14.9. The van der Waals surface area contributed by atoms with Gasteiger partial charge in [0.15, 0.2) is 0 Å². The first-order valence-electron chi connectivity index (χ1n) is 6.88. The van der Waals surface area contributed by atoms with Crippen LogP contribution in [0.25, 0.3) is 0 Å².